The van der Waals surface area contributed by atoms with Gasteiger partial charge in [-0.05, 0) is 37.1 Å². The minimum absolute atomic E-state index is 0.0600. The first-order chi connectivity index (χ1) is 9.16. The molecule has 1 aliphatic heterocycles. The maximum absolute atomic E-state index is 11.5. The van der Waals surface area contributed by atoms with E-state index >= 15 is 0 Å². The van der Waals surface area contributed by atoms with Crippen LogP contribution in [0.4, 0.5) is 0 Å². The largest absolute Gasteiger partial charge is 0.419 e. The van der Waals surface area contributed by atoms with Crippen molar-refractivity contribution in [3.05, 3.63) is 34.3 Å². The Balaban J connectivity index is 1.94. The number of aromatic nitrogens is 1. The second kappa shape index (κ2) is 4.83. The number of nitrogens with zero attached hydrogens (tertiary/aromatic N) is 1. The predicted octanol–water partition coefficient (Wildman–Crippen LogP) is 1.27. The van der Waals surface area contributed by atoms with E-state index in [0.29, 0.717) is 11.6 Å². The van der Waals surface area contributed by atoms with Crippen molar-refractivity contribution in [2.75, 3.05) is 6.54 Å². The van der Waals surface area contributed by atoms with E-state index in [2.05, 4.69) is 5.32 Å². The number of aryl methyl sites for hydroxylation is 1. The van der Waals surface area contributed by atoms with Crippen molar-refractivity contribution in [1.82, 2.24) is 9.88 Å². The lowest BCUT2D eigenvalue weighted by Gasteiger charge is -2.29. The summed E-state index contributed by atoms with van der Waals surface area (Å²) in [5, 5.41) is 3.46. The van der Waals surface area contributed by atoms with Crippen LogP contribution < -0.4 is 16.8 Å². The Morgan fingerprint density at radius 3 is 3.05 bits per heavy atom. The SMILES string of the molecule is Cn1c(=O)oc2cc(C(N)C3CCCCN3)ccc21. The lowest BCUT2D eigenvalue weighted by Crippen LogP contribution is -2.42. The number of fused-ring (bicyclic) bond motifs is 1. The van der Waals surface area contributed by atoms with E-state index < -0.39 is 0 Å². The molecule has 1 aromatic heterocycles. The van der Waals surface area contributed by atoms with Crippen molar-refractivity contribution in [3.8, 4) is 0 Å². The fraction of sp³-hybridized carbons (Fsp3) is 0.500. The van der Waals surface area contributed by atoms with Crippen LogP contribution in [0.3, 0.4) is 0 Å². The van der Waals surface area contributed by atoms with Crippen molar-refractivity contribution in [1.29, 1.82) is 0 Å². The first-order valence-electron chi connectivity index (χ1n) is 6.75. The summed E-state index contributed by atoms with van der Waals surface area (Å²) in [4.78, 5) is 11.5. The molecular formula is C14H19N3O2. The van der Waals surface area contributed by atoms with Crippen molar-refractivity contribution < 1.29 is 4.42 Å². The third-order valence-corrected chi connectivity index (χ3v) is 3.98. The Morgan fingerprint density at radius 1 is 1.47 bits per heavy atom. The molecule has 1 aromatic carbocycles. The third-order valence-electron chi connectivity index (χ3n) is 3.98. The van der Waals surface area contributed by atoms with Gasteiger partial charge >= 0.3 is 5.76 Å². The van der Waals surface area contributed by atoms with E-state index in [1.54, 1.807) is 7.05 Å². The predicted molar refractivity (Wildman–Crippen MR) is 74.0 cm³/mol. The van der Waals surface area contributed by atoms with Crippen LogP contribution in [-0.2, 0) is 7.05 Å². The quantitative estimate of drug-likeness (QED) is 0.854. The molecule has 1 fully saturated rings. The second-order valence-electron chi connectivity index (χ2n) is 5.24. The van der Waals surface area contributed by atoms with Crippen LogP contribution >= 0.6 is 0 Å². The minimum atomic E-state index is -0.337. The van der Waals surface area contributed by atoms with Gasteiger partial charge < -0.3 is 15.5 Å². The highest BCUT2D eigenvalue weighted by atomic mass is 16.4. The monoisotopic (exact) mass is 261 g/mol. The van der Waals surface area contributed by atoms with Gasteiger partial charge in [-0.1, -0.05) is 12.5 Å². The van der Waals surface area contributed by atoms with Gasteiger partial charge in [0, 0.05) is 19.1 Å². The lowest BCUT2D eigenvalue weighted by molar-refractivity contribution is 0.353. The van der Waals surface area contributed by atoms with Crippen molar-refractivity contribution in [3.63, 3.8) is 0 Å². The first-order valence-corrected chi connectivity index (χ1v) is 6.75. The Morgan fingerprint density at radius 2 is 2.32 bits per heavy atom. The zero-order valence-electron chi connectivity index (χ0n) is 11.1. The van der Waals surface area contributed by atoms with Gasteiger partial charge in [-0.3, -0.25) is 4.57 Å². The van der Waals surface area contributed by atoms with Gasteiger partial charge in [0.2, 0.25) is 0 Å². The van der Waals surface area contributed by atoms with Crippen molar-refractivity contribution in [2.24, 2.45) is 12.8 Å². The van der Waals surface area contributed by atoms with E-state index in [4.69, 9.17) is 10.2 Å². The number of oxazole rings is 1. The molecule has 5 nitrogen and oxygen atoms in total. The summed E-state index contributed by atoms with van der Waals surface area (Å²) < 4.78 is 6.71. The highest BCUT2D eigenvalue weighted by Gasteiger charge is 2.22. The summed E-state index contributed by atoms with van der Waals surface area (Å²) in [7, 11) is 1.70. The van der Waals surface area contributed by atoms with Crippen LogP contribution in [0.1, 0.15) is 30.9 Å². The molecule has 0 saturated carbocycles. The van der Waals surface area contributed by atoms with E-state index in [1.165, 1.54) is 17.4 Å². The summed E-state index contributed by atoms with van der Waals surface area (Å²) in [6, 6.07) is 6.02. The molecule has 2 unspecified atom stereocenters. The number of piperidine rings is 1. The molecule has 0 radical (unpaired) electrons. The molecule has 102 valence electrons. The fourth-order valence-electron chi connectivity index (χ4n) is 2.78. The van der Waals surface area contributed by atoms with E-state index in [1.807, 2.05) is 18.2 Å². The van der Waals surface area contributed by atoms with Gasteiger partial charge in [-0.25, -0.2) is 4.79 Å². The number of benzene rings is 1. The molecule has 1 saturated heterocycles. The number of nitrogens with two attached hydrogens (primary N) is 1. The van der Waals surface area contributed by atoms with Crippen LogP contribution in [0.2, 0.25) is 0 Å². The fourth-order valence-corrected chi connectivity index (χ4v) is 2.78. The van der Waals surface area contributed by atoms with Gasteiger partial charge in [-0.2, -0.15) is 0 Å². The number of hydrogen-bond acceptors (Lipinski definition) is 4. The minimum Gasteiger partial charge on any atom is -0.408 e. The summed E-state index contributed by atoms with van der Waals surface area (Å²) in [5.74, 6) is -0.337. The molecular weight excluding hydrogens is 242 g/mol. The zero-order valence-corrected chi connectivity index (χ0v) is 11.1. The second-order valence-corrected chi connectivity index (χ2v) is 5.24. The van der Waals surface area contributed by atoms with E-state index in [0.717, 1.165) is 24.0 Å². The molecule has 0 bridgehead atoms. The van der Waals surface area contributed by atoms with Crippen LogP contribution in [0.25, 0.3) is 11.1 Å². The molecule has 19 heavy (non-hydrogen) atoms. The maximum Gasteiger partial charge on any atom is 0.419 e. The van der Waals surface area contributed by atoms with Gasteiger partial charge in [-0.15, -0.1) is 0 Å². The summed E-state index contributed by atoms with van der Waals surface area (Å²) in [6.07, 6.45) is 3.53. The van der Waals surface area contributed by atoms with Crippen LogP contribution in [-0.4, -0.2) is 17.2 Å². The number of hydrogen-bond donors (Lipinski definition) is 2. The Labute approximate surface area is 111 Å². The molecule has 2 heterocycles. The molecule has 0 aliphatic carbocycles. The molecule has 3 N–H and O–H groups in total. The number of nitrogens with one attached hydrogen (secondary N) is 1. The third kappa shape index (κ3) is 2.19. The standard InChI is InChI=1S/C14H19N3O2/c1-17-11-6-5-9(8-12(11)19-14(17)18)13(15)10-4-2-3-7-16-10/h5-6,8,10,13,16H,2-4,7,15H2,1H3. The summed E-state index contributed by atoms with van der Waals surface area (Å²) in [5.41, 5.74) is 8.74. The van der Waals surface area contributed by atoms with E-state index in [-0.39, 0.29) is 11.8 Å². The van der Waals surface area contributed by atoms with Gasteiger partial charge in [0.1, 0.15) is 0 Å². The van der Waals surface area contributed by atoms with Crippen LogP contribution in [0.15, 0.2) is 27.4 Å². The molecule has 3 rings (SSSR count). The average Bonchev–Trinajstić information content (AvgIpc) is 2.74. The summed E-state index contributed by atoms with van der Waals surface area (Å²) in [6.45, 7) is 1.03. The van der Waals surface area contributed by atoms with Crippen molar-refractivity contribution in [2.45, 2.75) is 31.3 Å². The maximum atomic E-state index is 11.5. The van der Waals surface area contributed by atoms with Gasteiger partial charge in [0.15, 0.2) is 5.58 Å². The van der Waals surface area contributed by atoms with Crippen molar-refractivity contribution >= 4 is 11.1 Å². The highest BCUT2D eigenvalue weighted by molar-refractivity contribution is 5.73. The molecule has 2 aromatic rings. The highest BCUT2D eigenvalue weighted by Crippen LogP contribution is 2.23. The average molecular weight is 261 g/mol. The Hall–Kier alpha value is -1.59. The van der Waals surface area contributed by atoms with Gasteiger partial charge in [0.25, 0.3) is 0 Å². The number of rotatable bonds is 2. The molecule has 0 amide bonds. The topological polar surface area (TPSA) is 73.2 Å². The molecule has 0 spiro atoms. The zero-order chi connectivity index (χ0) is 13.4. The van der Waals surface area contributed by atoms with Crippen LogP contribution in [0.5, 0.6) is 0 Å². The lowest BCUT2D eigenvalue weighted by atomic mass is 9.93. The molecule has 5 heteroatoms. The molecule has 1 aliphatic rings. The molecule has 2 atom stereocenters. The van der Waals surface area contributed by atoms with Gasteiger partial charge in [0.05, 0.1) is 5.52 Å². The normalized spacial score (nSPS) is 21.7. The Bertz CT molecular complexity index is 638. The summed E-state index contributed by atoms with van der Waals surface area (Å²) >= 11 is 0. The Kier molecular flexibility index (Phi) is 3.16. The smallest absolute Gasteiger partial charge is 0.408 e. The van der Waals surface area contributed by atoms with E-state index in [9.17, 15) is 4.79 Å². The van der Waals surface area contributed by atoms with Crippen LogP contribution in [0, 0.1) is 0 Å². The first kappa shape index (κ1) is 12.4.